The Morgan fingerprint density at radius 2 is 0.616 bits per heavy atom. The zero-order chi connectivity index (χ0) is 73.5. The number of hydrogen-bond acceptors (Lipinski definition) is 12. The first-order valence-corrected chi connectivity index (χ1v) is 34.0. The van der Waals surface area contributed by atoms with E-state index in [0.717, 1.165) is 89.9 Å². The quantitative estimate of drug-likeness (QED) is 0.00582. The van der Waals surface area contributed by atoms with Crippen LogP contribution in [0.4, 0.5) is 0 Å². The van der Waals surface area contributed by atoms with Crippen LogP contribution in [0.1, 0.15) is 199 Å². The van der Waals surface area contributed by atoms with Gasteiger partial charge in [-0.2, -0.15) is 0 Å². The number of allylic oxidation sites excluding steroid dienone is 18. The predicted octanol–water partition coefficient (Wildman–Crippen LogP) is 12.0. The molecule has 532 valence electrons. The van der Waals surface area contributed by atoms with Crippen LogP contribution in [-0.2, 0) is 28.7 Å². The summed E-state index contributed by atoms with van der Waals surface area (Å²) in [7, 11) is 2.81. The van der Waals surface area contributed by atoms with Gasteiger partial charge in [0.2, 0.25) is 0 Å². The van der Waals surface area contributed by atoms with Crippen LogP contribution >= 0.6 is 15.9 Å². The number of aliphatic hydroxyl groups excluding tert-OH is 5. The topological polar surface area (TPSA) is 252 Å². The number of hydrogen-bond donors (Lipinski definition) is 7. The van der Waals surface area contributed by atoms with Crippen LogP contribution in [0.15, 0.2) is 122 Å². The molecule has 0 aliphatic rings. The van der Waals surface area contributed by atoms with E-state index in [2.05, 4.69) is 241 Å². The number of aliphatic carboxylic acids is 1. The number of rotatable bonds is 37. The third-order valence-corrected chi connectivity index (χ3v) is 11.2. The minimum atomic E-state index is -0.724. The molecule has 0 aromatic rings. The van der Waals surface area contributed by atoms with Gasteiger partial charge in [0.15, 0.2) is 5.78 Å². The number of aliphatic hydroxyl groups is 5. The van der Waals surface area contributed by atoms with Gasteiger partial charge in [0.1, 0.15) is 6.61 Å². The van der Waals surface area contributed by atoms with Crippen molar-refractivity contribution in [3.8, 4) is 119 Å². The van der Waals surface area contributed by atoms with Crippen LogP contribution in [0.2, 0.25) is 0 Å². The van der Waals surface area contributed by atoms with Crippen molar-refractivity contribution in [2.75, 3.05) is 52.6 Å². The summed E-state index contributed by atoms with van der Waals surface area (Å²) in [4.78, 5) is 42.7. The molecule has 0 aromatic heterocycles. The number of methoxy groups -OCH3 is 2. The monoisotopic (exact) mass is 1430 g/mol. The average Bonchev–Trinajstić information content (AvgIpc) is 3.69. The number of esters is 2. The van der Waals surface area contributed by atoms with Crippen LogP contribution in [-0.4, -0.2) is 112 Å². The summed E-state index contributed by atoms with van der Waals surface area (Å²) in [6.45, 7) is 0.293. The van der Waals surface area contributed by atoms with Gasteiger partial charge in [0.25, 0.3) is 0 Å². The molecule has 0 aliphatic carbocycles. The van der Waals surface area contributed by atoms with Crippen molar-refractivity contribution in [3.05, 3.63) is 127 Å². The minimum absolute atomic E-state index is 0. The average molecular weight is 1430 g/mol. The van der Waals surface area contributed by atoms with Crippen molar-refractivity contribution in [1.29, 1.82) is 0 Å². The second kappa shape index (κ2) is 106. The molecule has 8 N–H and O–H groups in total. The summed E-state index contributed by atoms with van der Waals surface area (Å²) in [5, 5.41) is 57.9. The molecule has 0 unspecified atom stereocenters. The van der Waals surface area contributed by atoms with Crippen molar-refractivity contribution in [1.82, 2.24) is 0 Å². The molecule has 0 bridgehead atoms. The summed E-state index contributed by atoms with van der Waals surface area (Å²) >= 11 is 3.18. The van der Waals surface area contributed by atoms with Gasteiger partial charge >= 0.3 is 47.5 Å². The van der Waals surface area contributed by atoms with E-state index in [9.17, 15) is 19.2 Å². The van der Waals surface area contributed by atoms with E-state index in [1.807, 2.05) is 18.2 Å². The maximum atomic E-state index is 10.9. The molecule has 0 heterocycles. The summed E-state index contributed by atoms with van der Waals surface area (Å²) in [5.41, 5.74) is 0. The summed E-state index contributed by atoms with van der Waals surface area (Å²) in [6.07, 6.45) is 68.6. The van der Waals surface area contributed by atoms with Gasteiger partial charge in [-0.05, 0) is 103 Å². The minimum Gasteiger partial charge on any atom is -0.553 e. The number of carbonyl (C=O) groups is 4. The van der Waals surface area contributed by atoms with Crippen molar-refractivity contribution >= 4 is 39.6 Å². The van der Waals surface area contributed by atoms with Crippen LogP contribution in [0.25, 0.3) is 5.90 Å². The number of Topliss-reactive ketones (excluding diaryl/α,β-unsaturated/α-hetero) is 1. The van der Waals surface area contributed by atoms with Gasteiger partial charge in [-0.1, -0.05) is 238 Å². The van der Waals surface area contributed by atoms with Crippen LogP contribution in [0, 0.1) is 119 Å². The number of carboxylic acids is 1. The second-order valence-corrected chi connectivity index (χ2v) is 19.6. The molecule has 0 rings (SSSR count). The third kappa shape index (κ3) is 121. The molecule has 0 spiro atoms. The number of ketones is 1. The Morgan fingerprint density at radius 3 is 0.899 bits per heavy atom. The number of halogens is 1. The molecule has 0 saturated heterocycles. The molecular weight excluding hydrogens is 1320 g/mol. The zero-order valence-corrected chi connectivity index (χ0v) is 62.8. The fourth-order valence-electron chi connectivity index (χ4n) is 6.14. The van der Waals surface area contributed by atoms with Gasteiger partial charge in [0, 0.05) is 64.6 Å². The number of carboxylic acid groups (broad SMARTS) is 1. The fraction of sp³-hybridized carbons (Fsp3) is 0.470. The first kappa shape index (κ1) is 105. The molecule has 0 aliphatic heterocycles. The van der Waals surface area contributed by atoms with Crippen LogP contribution < -0.4 is 29.6 Å². The van der Waals surface area contributed by atoms with Gasteiger partial charge in [-0.3, -0.25) is 19.2 Å². The largest absolute Gasteiger partial charge is 1.00 e. The van der Waals surface area contributed by atoms with E-state index in [-0.39, 0.29) is 86.7 Å². The Bertz CT molecular complexity index is 2940. The Balaban J connectivity index is -0.000000217. The van der Waals surface area contributed by atoms with Crippen LogP contribution in [0.5, 0.6) is 0 Å². The fourth-order valence-corrected chi connectivity index (χ4v) is 6.34. The summed E-state index contributed by atoms with van der Waals surface area (Å²) in [5.74, 6) is 57.7. The van der Waals surface area contributed by atoms with E-state index >= 15 is 0 Å². The second-order valence-electron chi connectivity index (χ2n) is 19.1. The van der Waals surface area contributed by atoms with Crippen molar-refractivity contribution in [2.24, 2.45) is 0 Å². The number of ether oxygens (including phenoxy) is 2. The number of terminal acetylenes is 1. The number of unbranched alkanes of at least 4 members (excludes halogenated alkanes) is 4. The van der Waals surface area contributed by atoms with Gasteiger partial charge in [-0.25, -0.2) is 0 Å². The standard InChI is InChI=1S/C21H32O3.C21H22O3.C20H30O3.C11H13BrO2.C10H10O.H2NO.Na/c2*1-24-21(23)19-17-15-13-11-9-7-5-3-2-4-6-8-10-12-14-16-18-20-22;21-19-17-15-13-11-9-7-5-3-1-2-4-6-8-10-12-14-16-18-20(22)23;12-9-7-5-3-1-2-4-6-8-11(14)10-13;1-2-3-4-5-6-7-8-9-10-11;1-2;/h2,4-5,7-8,10-11,13-14,16,22H,3,6,9,12,15,17-20H2,1H3;22H,3,6,9,12,15,17-20H2,1H3;1,3-4,6-7,9-10,12-13,15,21H,2,5,8,11,14,16-19H2,(H,22,23);13H,3-4,6,8-10H2;1,11H,3,6,9-10H2;1-2H;/q;;;;;-1;+1/b4-2-,7-5-,10-8-,13-11-,16-14-;;3-1-,6-4-,9-7-,12-10-,15-13-;;;;. The molecule has 0 radical (unpaired) electrons. The Hall–Kier alpha value is -7.72. The third-order valence-electron chi connectivity index (χ3n) is 10.9. The zero-order valence-electron chi connectivity index (χ0n) is 59.2. The van der Waals surface area contributed by atoms with Crippen molar-refractivity contribution in [3.63, 3.8) is 0 Å². The number of alkyl halides is 1. The maximum Gasteiger partial charge on any atom is 1.00 e. The molecule has 16 heteroatoms. The Kier molecular flexibility index (Phi) is 112. The molecule has 0 amide bonds. The molecule has 99 heavy (non-hydrogen) atoms. The SMILES string of the molecule is C#CCC#CCC#CCCO.COC(=O)CCC/C=C\C/C=C\C/C=C\C/C=C\C/C=C\CCO.COC(=O)CCCC#CCC#CCC#CCC#CCC#CCCO.O=C(CO)CCCC#CCC#CCBr.O=C(O)CCC/C=C\C/C=C\C/C=C\C/C=C\C/C=C\CCO.[NH-]O.[Na+]. The van der Waals surface area contributed by atoms with Crippen molar-refractivity contribution in [2.45, 2.75) is 199 Å². The van der Waals surface area contributed by atoms with Gasteiger partial charge in [-0.15, -0.1) is 18.3 Å². The van der Waals surface area contributed by atoms with Gasteiger partial charge < -0.3 is 51.2 Å². The summed E-state index contributed by atoms with van der Waals surface area (Å²) in [6, 6.07) is 0. The smallest absolute Gasteiger partial charge is 0.553 e. The normalized spacial score (nSPS) is 9.79. The predicted molar refractivity (Wildman–Crippen MR) is 405 cm³/mol. The molecule has 0 aromatic carbocycles. The number of carbonyl (C=O) groups excluding carboxylic acids is 3. The molecular formula is C83H109BrNNaO13. The molecule has 0 atom stereocenters. The first-order chi connectivity index (χ1) is 48.1. The maximum absolute atomic E-state index is 10.9. The van der Waals surface area contributed by atoms with E-state index in [4.69, 9.17) is 48.2 Å². The Labute approximate surface area is 627 Å². The summed E-state index contributed by atoms with van der Waals surface area (Å²) < 4.78 is 9.13. The van der Waals surface area contributed by atoms with E-state index in [1.165, 1.54) is 14.2 Å². The van der Waals surface area contributed by atoms with E-state index < -0.39 is 5.97 Å². The Morgan fingerprint density at radius 1 is 0.354 bits per heavy atom. The van der Waals surface area contributed by atoms with Crippen molar-refractivity contribution < 1.29 is 94.1 Å². The molecule has 0 saturated carbocycles. The van der Waals surface area contributed by atoms with Gasteiger partial charge in [0.05, 0.1) is 77.7 Å². The van der Waals surface area contributed by atoms with E-state index in [0.29, 0.717) is 108 Å². The van der Waals surface area contributed by atoms with Crippen LogP contribution in [0.3, 0.4) is 0 Å². The first-order valence-electron chi connectivity index (χ1n) is 32.9. The van der Waals surface area contributed by atoms with E-state index in [1.54, 1.807) is 0 Å². The molecule has 0 fully saturated rings. The molecule has 14 nitrogen and oxygen atoms in total. The number of nitrogens with one attached hydrogen (secondary N) is 1.